The molecule has 0 aliphatic heterocycles. The summed E-state index contributed by atoms with van der Waals surface area (Å²) in [6.45, 7) is 1.37. The van der Waals surface area contributed by atoms with Gasteiger partial charge in [0.25, 0.3) is 15.9 Å². The molecule has 0 unspecified atom stereocenters. The van der Waals surface area contributed by atoms with Crippen LogP contribution in [0.15, 0.2) is 45.9 Å². The van der Waals surface area contributed by atoms with Gasteiger partial charge in [0, 0.05) is 19.6 Å². The van der Waals surface area contributed by atoms with Crippen LogP contribution in [0.3, 0.4) is 0 Å². The summed E-state index contributed by atoms with van der Waals surface area (Å²) in [6.07, 6.45) is 0. The molecule has 0 bridgehead atoms. The van der Waals surface area contributed by atoms with Gasteiger partial charge in [-0.1, -0.05) is 12.1 Å². The predicted molar refractivity (Wildman–Crippen MR) is 99.4 cm³/mol. The van der Waals surface area contributed by atoms with Crippen molar-refractivity contribution in [1.29, 1.82) is 5.26 Å². The monoisotopic (exact) mass is 390 g/mol. The van der Waals surface area contributed by atoms with Crippen LogP contribution in [0.4, 0.5) is 0 Å². The van der Waals surface area contributed by atoms with Crippen LogP contribution in [-0.4, -0.2) is 58.4 Å². The normalized spacial score (nSPS) is 11.4. The lowest BCUT2D eigenvalue weighted by atomic mass is 10.1. The van der Waals surface area contributed by atoms with Crippen LogP contribution >= 0.6 is 0 Å². The highest BCUT2D eigenvalue weighted by atomic mass is 32.2. The van der Waals surface area contributed by atoms with Gasteiger partial charge in [0.1, 0.15) is 0 Å². The van der Waals surface area contributed by atoms with Crippen molar-refractivity contribution in [3.8, 4) is 6.07 Å². The average Bonchev–Trinajstić information content (AvgIpc) is 3.16. The van der Waals surface area contributed by atoms with Gasteiger partial charge in [-0.2, -0.15) is 5.26 Å². The van der Waals surface area contributed by atoms with E-state index in [0.29, 0.717) is 25.2 Å². The lowest BCUT2D eigenvalue weighted by molar-refractivity contribution is 0.0694. The standard InChI is InChI=1S/C18H22N4O4S/c1-20-27(24,25)17-9-8-16(26-17)18(23)22(11-10-21(2)3)13-15-6-4-14(12-19)5-7-15/h4-9,20H,10-11,13H2,1-3H3. The molecule has 1 heterocycles. The van der Waals surface area contributed by atoms with E-state index in [0.717, 1.165) is 5.56 Å². The summed E-state index contributed by atoms with van der Waals surface area (Å²) in [5.41, 5.74) is 1.40. The molecule has 2 rings (SSSR count). The third-order valence-corrected chi connectivity index (χ3v) is 5.17. The number of carbonyl (C=O) groups excluding carboxylic acids is 1. The van der Waals surface area contributed by atoms with E-state index in [1.54, 1.807) is 29.2 Å². The summed E-state index contributed by atoms with van der Waals surface area (Å²) in [4.78, 5) is 16.4. The number of carbonyl (C=O) groups is 1. The average molecular weight is 390 g/mol. The summed E-state index contributed by atoms with van der Waals surface area (Å²) < 4.78 is 31.0. The topological polar surface area (TPSA) is 107 Å². The number of sulfonamides is 1. The Bertz CT molecular complexity index is 927. The minimum Gasteiger partial charge on any atom is -0.438 e. The van der Waals surface area contributed by atoms with Crippen molar-refractivity contribution < 1.29 is 17.6 Å². The molecule has 0 aliphatic rings. The van der Waals surface area contributed by atoms with Gasteiger partial charge in [-0.15, -0.1) is 0 Å². The number of nitrogens with zero attached hydrogens (tertiary/aromatic N) is 3. The van der Waals surface area contributed by atoms with Crippen molar-refractivity contribution in [1.82, 2.24) is 14.5 Å². The van der Waals surface area contributed by atoms with E-state index in [4.69, 9.17) is 9.68 Å². The number of hydrogen-bond donors (Lipinski definition) is 1. The third kappa shape index (κ3) is 5.40. The van der Waals surface area contributed by atoms with Crippen molar-refractivity contribution in [2.75, 3.05) is 34.2 Å². The smallest absolute Gasteiger partial charge is 0.289 e. The second-order valence-electron chi connectivity index (χ2n) is 6.16. The van der Waals surface area contributed by atoms with E-state index in [1.165, 1.54) is 19.2 Å². The molecule has 1 aromatic heterocycles. The van der Waals surface area contributed by atoms with E-state index >= 15 is 0 Å². The van der Waals surface area contributed by atoms with Crippen LogP contribution in [0.2, 0.25) is 0 Å². The molecule has 27 heavy (non-hydrogen) atoms. The Hall–Kier alpha value is -2.67. The molecule has 0 saturated heterocycles. The molecule has 144 valence electrons. The molecule has 8 nitrogen and oxygen atoms in total. The van der Waals surface area contributed by atoms with Crippen LogP contribution in [-0.2, 0) is 16.6 Å². The SMILES string of the molecule is CNS(=O)(=O)c1ccc(C(=O)N(CCN(C)C)Cc2ccc(C#N)cc2)o1. The van der Waals surface area contributed by atoms with Gasteiger partial charge in [0.05, 0.1) is 11.6 Å². The summed E-state index contributed by atoms with van der Waals surface area (Å²) >= 11 is 0. The van der Waals surface area contributed by atoms with Gasteiger partial charge in [0.2, 0.25) is 5.09 Å². The first-order chi connectivity index (χ1) is 12.8. The molecule has 1 N–H and O–H groups in total. The van der Waals surface area contributed by atoms with Crippen molar-refractivity contribution in [2.45, 2.75) is 11.6 Å². The predicted octanol–water partition coefficient (Wildman–Crippen LogP) is 1.26. The first-order valence-electron chi connectivity index (χ1n) is 8.23. The van der Waals surface area contributed by atoms with Gasteiger partial charge in [-0.25, -0.2) is 13.1 Å². The van der Waals surface area contributed by atoms with Gasteiger partial charge in [0.15, 0.2) is 5.76 Å². The van der Waals surface area contributed by atoms with Crippen LogP contribution in [0, 0.1) is 11.3 Å². The third-order valence-electron chi connectivity index (χ3n) is 3.89. The van der Waals surface area contributed by atoms with Crippen LogP contribution in [0.1, 0.15) is 21.7 Å². The van der Waals surface area contributed by atoms with E-state index in [-0.39, 0.29) is 10.9 Å². The summed E-state index contributed by atoms with van der Waals surface area (Å²) in [6, 6.07) is 11.6. The first kappa shape index (κ1) is 20.6. The zero-order chi connectivity index (χ0) is 20.0. The fraction of sp³-hybridized carbons (Fsp3) is 0.333. The molecule has 1 aromatic carbocycles. The molecule has 0 saturated carbocycles. The highest BCUT2D eigenvalue weighted by Gasteiger charge is 2.23. The lowest BCUT2D eigenvalue weighted by Gasteiger charge is -2.23. The molecule has 0 spiro atoms. The lowest BCUT2D eigenvalue weighted by Crippen LogP contribution is -2.36. The second-order valence-corrected chi connectivity index (χ2v) is 7.98. The molecule has 9 heteroatoms. The zero-order valence-electron chi connectivity index (χ0n) is 15.5. The van der Waals surface area contributed by atoms with Gasteiger partial charge in [-0.05, 0) is 51.0 Å². The largest absolute Gasteiger partial charge is 0.438 e. The van der Waals surface area contributed by atoms with Crippen molar-refractivity contribution in [3.63, 3.8) is 0 Å². The molecule has 0 atom stereocenters. The summed E-state index contributed by atoms with van der Waals surface area (Å²) in [7, 11) is 1.31. The Morgan fingerprint density at radius 2 is 1.81 bits per heavy atom. The minimum absolute atomic E-state index is 0.0452. The Morgan fingerprint density at radius 1 is 1.15 bits per heavy atom. The second kappa shape index (κ2) is 8.81. The fourth-order valence-corrected chi connectivity index (χ4v) is 2.96. The molecule has 0 radical (unpaired) electrons. The first-order valence-corrected chi connectivity index (χ1v) is 9.71. The number of hydrogen-bond acceptors (Lipinski definition) is 6. The summed E-state index contributed by atoms with van der Waals surface area (Å²) in [5, 5.41) is 8.59. The number of nitrogens with one attached hydrogen (secondary N) is 1. The molecular formula is C18H22N4O4S. The Labute approximate surface area is 159 Å². The highest BCUT2D eigenvalue weighted by molar-refractivity contribution is 7.89. The number of nitriles is 1. The van der Waals surface area contributed by atoms with Gasteiger partial charge < -0.3 is 14.2 Å². The van der Waals surface area contributed by atoms with Gasteiger partial charge >= 0.3 is 0 Å². The summed E-state index contributed by atoms with van der Waals surface area (Å²) in [5.74, 6) is -0.449. The van der Waals surface area contributed by atoms with Crippen LogP contribution in [0.5, 0.6) is 0 Å². The maximum Gasteiger partial charge on any atom is 0.289 e. The maximum absolute atomic E-state index is 12.9. The number of furan rings is 1. The number of benzene rings is 1. The van der Waals surface area contributed by atoms with Crippen molar-refractivity contribution in [2.24, 2.45) is 0 Å². The Balaban J connectivity index is 2.24. The van der Waals surface area contributed by atoms with Crippen LogP contribution in [0.25, 0.3) is 0 Å². The number of amides is 1. The quantitative estimate of drug-likeness (QED) is 0.727. The molecule has 1 amide bonds. The Kier molecular flexibility index (Phi) is 6.74. The molecule has 2 aromatic rings. The van der Waals surface area contributed by atoms with Crippen molar-refractivity contribution in [3.05, 3.63) is 53.3 Å². The molecule has 0 fully saturated rings. The van der Waals surface area contributed by atoms with E-state index in [1.807, 2.05) is 19.0 Å². The molecule has 0 aliphatic carbocycles. The van der Waals surface area contributed by atoms with Crippen molar-refractivity contribution >= 4 is 15.9 Å². The number of likely N-dealkylation sites (N-methyl/N-ethyl adjacent to an activating group) is 1. The van der Waals surface area contributed by atoms with E-state index < -0.39 is 15.9 Å². The van der Waals surface area contributed by atoms with E-state index in [9.17, 15) is 13.2 Å². The zero-order valence-corrected chi connectivity index (χ0v) is 16.3. The van der Waals surface area contributed by atoms with Gasteiger partial charge in [-0.3, -0.25) is 4.79 Å². The van der Waals surface area contributed by atoms with Crippen LogP contribution < -0.4 is 4.72 Å². The number of rotatable bonds is 8. The highest BCUT2D eigenvalue weighted by Crippen LogP contribution is 2.17. The maximum atomic E-state index is 12.9. The minimum atomic E-state index is -3.76. The van der Waals surface area contributed by atoms with E-state index in [2.05, 4.69) is 10.8 Å². The molecular weight excluding hydrogens is 368 g/mol. The Morgan fingerprint density at radius 3 is 2.37 bits per heavy atom. The fourth-order valence-electron chi connectivity index (χ4n) is 2.31.